The second-order valence-corrected chi connectivity index (χ2v) is 7.68. The van der Waals surface area contributed by atoms with Crippen LogP contribution in [-0.2, 0) is 9.59 Å². The summed E-state index contributed by atoms with van der Waals surface area (Å²) in [6, 6.07) is 19.9. The third-order valence-electron chi connectivity index (χ3n) is 5.26. The van der Waals surface area contributed by atoms with Gasteiger partial charge in [-0.15, -0.1) is 0 Å². The number of ether oxygens (including phenoxy) is 1. The Morgan fingerprint density at radius 2 is 1.58 bits per heavy atom. The second kappa shape index (κ2) is 8.28. The number of rotatable bonds is 5. The number of anilines is 2. The number of nitrogens with zero attached hydrogens (tertiary/aromatic N) is 1. The Labute approximate surface area is 185 Å². The van der Waals surface area contributed by atoms with Crippen molar-refractivity contribution in [3.63, 3.8) is 0 Å². The number of imide groups is 1. The summed E-state index contributed by atoms with van der Waals surface area (Å²) in [5.41, 5.74) is 3.87. The summed E-state index contributed by atoms with van der Waals surface area (Å²) >= 11 is 6.27. The SMILES string of the molecule is COc1ccccc1C1=C(Nc2ccc(C)c(Cl)c2)C(=O)N(c2ccccc2C)C1=O. The van der Waals surface area contributed by atoms with Crippen LogP contribution in [0.1, 0.15) is 16.7 Å². The quantitative estimate of drug-likeness (QED) is 0.551. The van der Waals surface area contributed by atoms with Gasteiger partial charge in [0.2, 0.25) is 0 Å². The maximum atomic E-state index is 13.6. The zero-order valence-electron chi connectivity index (χ0n) is 17.4. The van der Waals surface area contributed by atoms with E-state index in [2.05, 4.69) is 5.32 Å². The number of hydrogen-bond donors (Lipinski definition) is 1. The molecule has 0 aliphatic carbocycles. The van der Waals surface area contributed by atoms with Crippen LogP contribution in [0.2, 0.25) is 5.02 Å². The predicted octanol–water partition coefficient (Wildman–Crippen LogP) is 5.36. The number of hydrogen-bond acceptors (Lipinski definition) is 4. The summed E-state index contributed by atoms with van der Waals surface area (Å²) in [5.74, 6) is -0.340. The van der Waals surface area contributed by atoms with Crippen molar-refractivity contribution in [1.29, 1.82) is 0 Å². The smallest absolute Gasteiger partial charge is 0.282 e. The lowest BCUT2D eigenvalue weighted by molar-refractivity contribution is -0.120. The second-order valence-electron chi connectivity index (χ2n) is 7.27. The van der Waals surface area contributed by atoms with Gasteiger partial charge in [0.05, 0.1) is 18.4 Å². The summed E-state index contributed by atoms with van der Waals surface area (Å²) in [6.07, 6.45) is 0. The molecule has 31 heavy (non-hydrogen) atoms. The molecule has 2 amide bonds. The van der Waals surface area contributed by atoms with E-state index in [1.54, 1.807) is 36.4 Å². The lowest BCUT2D eigenvalue weighted by atomic mass is 10.0. The van der Waals surface area contributed by atoms with Crippen LogP contribution in [0.25, 0.3) is 5.57 Å². The molecule has 156 valence electrons. The van der Waals surface area contributed by atoms with Crippen molar-refractivity contribution in [2.75, 3.05) is 17.3 Å². The molecule has 1 aliphatic heterocycles. The predicted molar refractivity (Wildman–Crippen MR) is 123 cm³/mol. The molecule has 0 unspecified atom stereocenters. The van der Waals surface area contributed by atoms with Gasteiger partial charge in [-0.2, -0.15) is 0 Å². The number of halogens is 1. The van der Waals surface area contributed by atoms with Gasteiger partial charge >= 0.3 is 0 Å². The zero-order valence-corrected chi connectivity index (χ0v) is 18.2. The first-order valence-electron chi connectivity index (χ1n) is 9.77. The van der Waals surface area contributed by atoms with Crippen molar-refractivity contribution < 1.29 is 14.3 Å². The van der Waals surface area contributed by atoms with Crippen molar-refractivity contribution in [3.05, 3.63) is 94.1 Å². The summed E-state index contributed by atoms with van der Waals surface area (Å²) in [5, 5.41) is 3.70. The minimum absolute atomic E-state index is 0.178. The summed E-state index contributed by atoms with van der Waals surface area (Å²) in [6.45, 7) is 3.76. The third kappa shape index (κ3) is 3.68. The first kappa shape index (κ1) is 20.7. The van der Waals surface area contributed by atoms with E-state index < -0.39 is 11.8 Å². The van der Waals surface area contributed by atoms with Crippen molar-refractivity contribution >= 4 is 40.4 Å². The van der Waals surface area contributed by atoms with Gasteiger partial charge in [-0.25, -0.2) is 4.90 Å². The number of aryl methyl sites for hydroxylation is 2. The Balaban J connectivity index is 1.88. The molecular formula is C25H21ClN2O3. The molecule has 0 saturated heterocycles. The highest BCUT2D eigenvalue weighted by atomic mass is 35.5. The van der Waals surface area contributed by atoms with Crippen LogP contribution in [0.3, 0.4) is 0 Å². The van der Waals surface area contributed by atoms with Gasteiger partial charge in [0.25, 0.3) is 11.8 Å². The average Bonchev–Trinajstić information content (AvgIpc) is 3.00. The third-order valence-corrected chi connectivity index (χ3v) is 5.66. The Morgan fingerprint density at radius 3 is 2.29 bits per heavy atom. The van der Waals surface area contributed by atoms with Gasteiger partial charge in [-0.3, -0.25) is 9.59 Å². The first-order valence-corrected chi connectivity index (χ1v) is 10.2. The average molecular weight is 433 g/mol. The molecule has 0 bridgehead atoms. The van der Waals surface area contributed by atoms with E-state index in [4.69, 9.17) is 16.3 Å². The van der Waals surface area contributed by atoms with E-state index in [0.29, 0.717) is 27.7 Å². The highest BCUT2D eigenvalue weighted by molar-refractivity contribution is 6.46. The summed E-state index contributed by atoms with van der Waals surface area (Å²) in [7, 11) is 1.53. The number of benzene rings is 3. The lowest BCUT2D eigenvalue weighted by Crippen LogP contribution is -2.33. The van der Waals surface area contributed by atoms with Crippen molar-refractivity contribution in [2.45, 2.75) is 13.8 Å². The number of carbonyl (C=O) groups excluding carboxylic acids is 2. The van der Waals surface area contributed by atoms with Crippen LogP contribution in [0, 0.1) is 13.8 Å². The van der Waals surface area contributed by atoms with Crippen LogP contribution in [0.5, 0.6) is 5.75 Å². The number of carbonyl (C=O) groups is 2. The van der Waals surface area contributed by atoms with Gasteiger partial charge in [0.15, 0.2) is 0 Å². The Kier molecular flexibility index (Phi) is 5.53. The van der Waals surface area contributed by atoms with Crippen LogP contribution >= 0.6 is 11.6 Å². The van der Waals surface area contributed by atoms with Gasteiger partial charge < -0.3 is 10.1 Å². The number of methoxy groups -OCH3 is 1. The van der Waals surface area contributed by atoms with E-state index in [0.717, 1.165) is 11.1 Å². The molecule has 0 saturated carbocycles. The number of amides is 2. The van der Waals surface area contributed by atoms with Gasteiger partial charge in [-0.1, -0.05) is 54.1 Å². The topological polar surface area (TPSA) is 58.6 Å². The molecule has 1 aliphatic rings. The van der Waals surface area contributed by atoms with Crippen LogP contribution in [0.4, 0.5) is 11.4 Å². The maximum Gasteiger partial charge on any atom is 0.282 e. The molecule has 3 aromatic rings. The summed E-state index contributed by atoms with van der Waals surface area (Å²) < 4.78 is 5.47. The van der Waals surface area contributed by atoms with E-state index in [1.807, 2.05) is 44.2 Å². The van der Waals surface area contributed by atoms with E-state index in [1.165, 1.54) is 12.0 Å². The zero-order chi connectivity index (χ0) is 22.1. The van der Waals surface area contributed by atoms with Crippen LogP contribution < -0.4 is 15.0 Å². The number of para-hydroxylation sites is 2. The molecule has 0 spiro atoms. The first-order chi connectivity index (χ1) is 14.9. The molecule has 5 nitrogen and oxygen atoms in total. The van der Waals surface area contributed by atoms with Crippen LogP contribution in [-0.4, -0.2) is 18.9 Å². The Morgan fingerprint density at radius 1 is 0.871 bits per heavy atom. The summed E-state index contributed by atoms with van der Waals surface area (Å²) in [4.78, 5) is 28.3. The molecule has 6 heteroatoms. The monoisotopic (exact) mass is 432 g/mol. The fourth-order valence-corrected chi connectivity index (χ4v) is 3.78. The molecule has 1 N–H and O–H groups in total. The lowest BCUT2D eigenvalue weighted by Gasteiger charge is -2.18. The largest absolute Gasteiger partial charge is 0.496 e. The van der Waals surface area contributed by atoms with E-state index >= 15 is 0 Å². The standard InChI is InChI=1S/C25H21ClN2O3/c1-15-12-13-17(14-19(15)26)27-23-22(18-9-5-7-11-21(18)31-3)24(29)28(25(23)30)20-10-6-4-8-16(20)2/h4-14,27H,1-3H3. The molecule has 0 radical (unpaired) electrons. The van der Waals surface area contributed by atoms with Gasteiger partial charge in [0, 0.05) is 16.3 Å². The molecular weight excluding hydrogens is 412 g/mol. The molecule has 1 heterocycles. The van der Waals surface area contributed by atoms with Gasteiger partial charge in [0.1, 0.15) is 11.4 Å². The Bertz CT molecular complexity index is 1230. The Hall–Kier alpha value is -3.57. The normalized spacial score (nSPS) is 13.7. The van der Waals surface area contributed by atoms with Crippen molar-refractivity contribution in [1.82, 2.24) is 0 Å². The van der Waals surface area contributed by atoms with Crippen LogP contribution in [0.15, 0.2) is 72.4 Å². The van der Waals surface area contributed by atoms with E-state index in [-0.39, 0.29) is 11.3 Å². The van der Waals surface area contributed by atoms with Gasteiger partial charge in [-0.05, 0) is 49.2 Å². The van der Waals surface area contributed by atoms with E-state index in [9.17, 15) is 9.59 Å². The van der Waals surface area contributed by atoms with Crippen molar-refractivity contribution in [3.8, 4) is 5.75 Å². The molecule has 0 aromatic heterocycles. The molecule has 3 aromatic carbocycles. The molecule has 0 fully saturated rings. The minimum atomic E-state index is -0.433. The van der Waals surface area contributed by atoms with Crippen molar-refractivity contribution in [2.24, 2.45) is 0 Å². The molecule has 4 rings (SSSR count). The fourth-order valence-electron chi connectivity index (χ4n) is 3.59. The number of nitrogens with one attached hydrogen (secondary N) is 1. The molecule has 0 atom stereocenters. The highest BCUT2D eigenvalue weighted by Crippen LogP contribution is 2.38. The minimum Gasteiger partial charge on any atom is -0.496 e. The fraction of sp³-hybridized carbons (Fsp3) is 0.120. The maximum absolute atomic E-state index is 13.6. The highest BCUT2D eigenvalue weighted by Gasteiger charge is 2.41.